The first kappa shape index (κ1) is 6.71. The second kappa shape index (κ2) is 2.57. The zero-order valence-corrected chi connectivity index (χ0v) is 6.12. The van der Waals surface area contributed by atoms with Gasteiger partial charge in [-0.25, -0.2) is 0 Å². The van der Waals surface area contributed by atoms with Crippen LogP contribution in [-0.4, -0.2) is 25.2 Å². The number of nitrogen functional groups attached to an aromatic ring is 1. The van der Waals surface area contributed by atoms with Crippen LogP contribution >= 0.6 is 0 Å². The number of anilines is 1. The summed E-state index contributed by atoms with van der Waals surface area (Å²) in [7, 11) is 0. The molecule has 2 rings (SSSR count). The van der Waals surface area contributed by atoms with Crippen molar-refractivity contribution in [2.24, 2.45) is 0 Å². The van der Waals surface area contributed by atoms with Gasteiger partial charge in [0.05, 0.1) is 11.9 Å². The highest BCUT2D eigenvalue weighted by molar-refractivity contribution is 5.32. The molecule has 0 aromatic carbocycles. The summed E-state index contributed by atoms with van der Waals surface area (Å²) in [6.45, 7) is 0. The molecule has 2 heterocycles. The Hall–Kier alpha value is -1.98. The van der Waals surface area contributed by atoms with Gasteiger partial charge in [-0.1, -0.05) is 5.10 Å². The summed E-state index contributed by atoms with van der Waals surface area (Å²) < 4.78 is 1.41. The second-order valence-electron chi connectivity index (χ2n) is 2.16. The minimum absolute atomic E-state index is 0.253. The van der Waals surface area contributed by atoms with E-state index in [1.54, 1.807) is 18.5 Å². The molecule has 0 aliphatic rings. The molecule has 2 aromatic heterocycles. The molecule has 2 N–H and O–H groups in total. The fraction of sp³-hybridized carbons (Fsp3) is 0. The molecular weight excluding hydrogens is 156 g/mol. The maximum atomic E-state index is 5.47. The van der Waals surface area contributed by atoms with E-state index in [9.17, 15) is 0 Å². The molecule has 0 aliphatic carbocycles. The van der Waals surface area contributed by atoms with E-state index < -0.39 is 0 Å². The Morgan fingerprint density at radius 1 is 1.42 bits per heavy atom. The monoisotopic (exact) mass is 162 g/mol. The Labute approximate surface area is 68.0 Å². The van der Waals surface area contributed by atoms with Crippen LogP contribution < -0.4 is 5.73 Å². The van der Waals surface area contributed by atoms with Gasteiger partial charge in [0.1, 0.15) is 0 Å². The molecule has 0 spiro atoms. The molecule has 60 valence electrons. The van der Waals surface area contributed by atoms with Crippen LogP contribution in [0.2, 0.25) is 0 Å². The average molecular weight is 162 g/mol. The van der Waals surface area contributed by atoms with Crippen molar-refractivity contribution in [2.45, 2.75) is 0 Å². The summed E-state index contributed by atoms with van der Waals surface area (Å²) in [5.41, 5.74) is 6.22. The van der Waals surface area contributed by atoms with Gasteiger partial charge in [0.15, 0.2) is 0 Å². The molecule has 6 heteroatoms. The highest BCUT2D eigenvalue weighted by Gasteiger charge is 2.01. The maximum absolute atomic E-state index is 5.47. The Morgan fingerprint density at radius 2 is 2.33 bits per heavy atom. The molecule has 12 heavy (non-hydrogen) atoms. The molecule has 0 fully saturated rings. The fourth-order valence-electron chi connectivity index (χ4n) is 0.857. The summed E-state index contributed by atoms with van der Waals surface area (Å²) >= 11 is 0. The Kier molecular flexibility index (Phi) is 1.44. The van der Waals surface area contributed by atoms with Crippen molar-refractivity contribution in [3.63, 3.8) is 0 Å². The lowest BCUT2D eigenvalue weighted by Gasteiger charge is -1.97. The smallest absolute Gasteiger partial charge is 0.245 e. The van der Waals surface area contributed by atoms with Crippen molar-refractivity contribution in [1.82, 2.24) is 25.2 Å². The first-order valence-corrected chi connectivity index (χ1v) is 3.32. The van der Waals surface area contributed by atoms with Gasteiger partial charge in [0, 0.05) is 6.20 Å². The fourth-order valence-corrected chi connectivity index (χ4v) is 0.857. The third-order valence-electron chi connectivity index (χ3n) is 1.38. The van der Waals surface area contributed by atoms with E-state index in [-0.39, 0.29) is 5.95 Å². The minimum atomic E-state index is 0.253. The normalized spacial score (nSPS) is 10.0. The molecule has 0 saturated heterocycles. The van der Waals surface area contributed by atoms with Crippen LogP contribution in [-0.2, 0) is 0 Å². The molecular formula is C6H6N6. The van der Waals surface area contributed by atoms with Gasteiger partial charge < -0.3 is 5.73 Å². The molecule has 0 saturated carbocycles. The molecule has 6 nitrogen and oxygen atoms in total. The highest BCUT2D eigenvalue weighted by atomic mass is 15.6. The first-order chi connectivity index (χ1) is 5.88. The number of hydrogen-bond acceptors (Lipinski definition) is 5. The second-order valence-corrected chi connectivity index (χ2v) is 2.16. The highest BCUT2D eigenvalue weighted by Crippen LogP contribution is 2.04. The number of tetrazole rings is 1. The van der Waals surface area contributed by atoms with Gasteiger partial charge in [0.2, 0.25) is 5.95 Å². The molecule has 2 aromatic rings. The van der Waals surface area contributed by atoms with E-state index in [2.05, 4.69) is 20.5 Å². The largest absolute Gasteiger partial charge is 0.366 e. The van der Waals surface area contributed by atoms with Gasteiger partial charge >= 0.3 is 0 Å². The number of nitrogens with two attached hydrogens (primary N) is 1. The topological polar surface area (TPSA) is 82.5 Å². The molecule has 0 unspecified atom stereocenters. The molecule has 0 aliphatic heterocycles. The van der Waals surface area contributed by atoms with Crippen molar-refractivity contribution in [2.75, 3.05) is 5.73 Å². The minimum Gasteiger partial charge on any atom is -0.366 e. The van der Waals surface area contributed by atoms with E-state index in [1.807, 2.05) is 6.07 Å². The lowest BCUT2D eigenvalue weighted by molar-refractivity contribution is 0.789. The number of hydrogen-bond donors (Lipinski definition) is 1. The quantitative estimate of drug-likeness (QED) is 0.619. The van der Waals surface area contributed by atoms with E-state index >= 15 is 0 Å². The van der Waals surface area contributed by atoms with Crippen molar-refractivity contribution in [1.29, 1.82) is 0 Å². The van der Waals surface area contributed by atoms with Crippen molar-refractivity contribution >= 4 is 5.95 Å². The summed E-state index contributed by atoms with van der Waals surface area (Å²) in [5, 5.41) is 10.6. The van der Waals surface area contributed by atoms with Gasteiger partial charge in [0.25, 0.3) is 0 Å². The van der Waals surface area contributed by atoms with E-state index in [0.29, 0.717) is 0 Å². The van der Waals surface area contributed by atoms with Gasteiger partial charge in [-0.05, 0) is 22.6 Å². The third kappa shape index (κ3) is 0.986. The predicted octanol–water partition coefficient (Wildman–Crippen LogP) is -0.361. The summed E-state index contributed by atoms with van der Waals surface area (Å²) in [4.78, 5) is 3.91. The van der Waals surface area contributed by atoms with E-state index in [1.165, 1.54) is 4.68 Å². The van der Waals surface area contributed by atoms with Crippen molar-refractivity contribution in [3.8, 4) is 5.69 Å². The average Bonchev–Trinajstić information content (AvgIpc) is 2.53. The first-order valence-electron chi connectivity index (χ1n) is 3.32. The number of aromatic nitrogens is 5. The van der Waals surface area contributed by atoms with Crippen LogP contribution in [0.4, 0.5) is 5.95 Å². The van der Waals surface area contributed by atoms with Crippen LogP contribution in [0.15, 0.2) is 24.5 Å². The van der Waals surface area contributed by atoms with Crippen molar-refractivity contribution < 1.29 is 0 Å². The third-order valence-corrected chi connectivity index (χ3v) is 1.38. The zero-order chi connectivity index (χ0) is 8.39. The molecule has 0 amide bonds. The number of rotatable bonds is 1. The molecule has 0 bridgehead atoms. The lowest BCUT2D eigenvalue weighted by Crippen LogP contribution is -2.02. The van der Waals surface area contributed by atoms with Crippen molar-refractivity contribution in [3.05, 3.63) is 24.5 Å². The summed E-state index contributed by atoms with van der Waals surface area (Å²) in [6, 6.07) is 3.61. The van der Waals surface area contributed by atoms with Gasteiger partial charge in [-0.2, -0.15) is 4.68 Å². The molecule has 0 atom stereocenters. The standard InChI is InChI=1S/C6H6N6/c7-6-9-10-11-12(6)5-2-1-3-8-4-5/h1-4H,(H2,7,9,11). The molecule has 0 radical (unpaired) electrons. The van der Waals surface area contributed by atoms with E-state index in [4.69, 9.17) is 5.73 Å². The van der Waals surface area contributed by atoms with Crippen LogP contribution in [0, 0.1) is 0 Å². The maximum Gasteiger partial charge on any atom is 0.245 e. The Bertz CT molecular complexity index is 367. The van der Waals surface area contributed by atoms with E-state index in [0.717, 1.165) is 5.69 Å². The van der Waals surface area contributed by atoms with Gasteiger partial charge in [-0.3, -0.25) is 4.98 Å². The Morgan fingerprint density at radius 3 is 2.92 bits per heavy atom. The number of nitrogens with zero attached hydrogens (tertiary/aromatic N) is 5. The zero-order valence-electron chi connectivity index (χ0n) is 6.12. The van der Waals surface area contributed by atoms with Crippen LogP contribution in [0.25, 0.3) is 5.69 Å². The Balaban J connectivity index is 2.51. The van der Waals surface area contributed by atoms with Crippen LogP contribution in [0.1, 0.15) is 0 Å². The number of pyridine rings is 1. The van der Waals surface area contributed by atoms with Crippen LogP contribution in [0.5, 0.6) is 0 Å². The summed E-state index contributed by atoms with van der Waals surface area (Å²) in [5.74, 6) is 0.253. The van der Waals surface area contributed by atoms with Gasteiger partial charge in [-0.15, -0.1) is 0 Å². The SMILES string of the molecule is Nc1nnnn1-c1cccnc1. The lowest BCUT2D eigenvalue weighted by atomic mass is 10.4. The predicted molar refractivity (Wildman–Crippen MR) is 41.4 cm³/mol. The van der Waals surface area contributed by atoms with Crippen LogP contribution in [0.3, 0.4) is 0 Å². The summed E-state index contributed by atoms with van der Waals surface area (Å²) in [6.07, 6.45) is 3.30.